The molecule has 0 atom stereocenters. The molecule has 0 unspecified atom stereocenters. The first-order valence-electron chi connectivity index (χ1n) is 9.34. The Morgan fingerprint density at radius 3 is 2.88 bits per heavy atom. The van der Waals surface area contributed by atoms with E-state index in [-0.39, 0.29) is 5.91 Å². The number of nitrogens with one attached hydrogen (secondary N) is 1. The van der Waals surface area contributed by atoms with Crippen LogP contribution in [0.5, 0.6) is 0 Å². The average molecular weight is 354 g/mol. The van der Waals surface area contributed by atoms with Crippen LogP contribution in [0, 0.1) is 19.3 Å². The van der Waals surface area contributed by atoms with Crippen LogP contribution < -0.4 is 5.32 Å². The molecule has 0 radical (unpaired) electrons. The van der Waals surface area contributed by atoms with Crippen LogP contribution in [-0.2, 0) is 11.3 Å². The zero-order valence-corrected chi connectivity index (χ0v) is 15.5. The fourth-order valence-corrected chi connectivity index (χ4v) is 4.27. The lowest BCUT2D eigenvalue weighted by Crippen LogP contribution is -2.47. The lowest BCUT2D eigenvalue weighted by molar-refractivity contribution is -0.131. The van der Waals surface area contributed by atoms with Crippen LogP contribution in [0.2, 0.25) is 0 Å². The summed E-state index contributed by atoms with van der Waals surface area (Å²) in [5.41, 5.74) is 2.27. The van der Waals surface area contributed by atoms with Crippen molar-refractivity contribution in [1.29, 1.82) is 0 Å². The predicted octanol–water partition coefficient (Wildman–Crippen LogP) is 2.17. The summed E-state index contributed by atoms with van der Waals surface area (Å²) in [4.78, 5) is 23.0. The maximum atomic E-state index is 12.5. The predicted molar refractivity (Wildman–Crippen MR) is 98.6 cm³/mol. The van der Waals surface area contributed by atoms with Gasteiger partial charge in [0.05, 0.1) is 5.69 Å². The molecule has 1 N–H and O–H groups in total. The average Bonchev–Trinajstić information content (AvgIpc) is 3.19. The molecule has 1 saturated heterocycles. The molecule has 26 heavy (non-hydrogen) atoms. The van der Waals surface area contributed by atoms with E-state index in [1.807, 2.05) is 41.8 Å². The van der Waals surface area contributed by atoms with Gasteiger partial charge in [0.1, 0.15) is 12.1 Å². The maximum Gasteiger partial charge on any atom is 0.224 e. The molecule has 138 valence electrons. The van der Waals surface area contributed by atoms with Crippen molar-refractivity contribution in [2.24, 2.45) is 5.41 Å². The van der Waals surface area contributed by atoms with Gasteiger partial charge in [0.15, 0.2) is 0 Å². The number of amides is 1. The van der Waals surface area contributed by atoms with Gasteiger partial charge in [-0.25, -0.2) is 9.97 Å². The largest absolute Gasteiger partial charge is 0.367 e. The van der Waals surface area contributed by atoms with Gasteiger partial charge in [0.25, 0.3) is 0 Å². The first-order chi connectivity index (χ1) is 12.5. The molecule has 1 aliphatic carbocycles. The Balaban J connectivity index is 1.24. The number of aryl methyl sites for hydroxylation is 3. The second-order valence-electron chi connectivity index (χ2n) is 7.83. The van der Waals surface area contributed by atoms with E-state index in [0.29, 0.717) is 24.4 Å². The summed E-state index contributed by atoms with van der Waals surface area (Å²) < 4.78 is 1.85. The number of hydrogen-bond acceptors (Lipinski definition) is 5. The highest BCUT2D eigenvalue weighted by Crippen LogP contribution is 2.49. The van der Waals surface area contributed by atoms with Crippen molar-refractivity contribution in [3.63, 3.8) is 0 Å². The first-order valence-corrected chi connectivity index (χ1v) is 9.34. The SMILES string of the molecule is Cc1cc(NC2CC3(CCN(C(=O)CCn4ccc(C)n4)C3)C2)ncn1. The van der Waals surface area contributed by atoms with E-state index in [2.05, 4.69) is 20.4 Å². The van der Waals surface area contributed by atoms with Crippen molar-refractivity contribution in [1.82, 2.24) is 24.6 Å². The number of rotatable bonds is 5. The second kappa shape index (κ2) is 6.70. The van der Waals surface area contributed by atoms with Crippen LogP contribution in [0.4, 0.5) is 5.82 Å². The Labute approximate surface area is 153 Å². The van der Waals surface area contributed by atoms with E-state index >= 15 is 0 Å². The number of anilines is 1. The minimum atomic E-state index is 0.248. The van der Waals surface area contributed by atoms with E-state index in [1.54, 1.807) is 6.33 Å². The van der Waals surface area contributed by atoms with Gasteiger partial charge in [-0.2, -0.15) is 5.10 Å². The number of carbonyl (C=O) groups excluding carboxylic acids is 1. The van der Waals surface area contributed by atoms with Crippen LogP contribution in [0.15, 0.2) is 24.7 Å². The topological polar surface area (TPSA) is 75.9 Å². The van der Waals surface area contributed by atoms with Crippen molar-refractivity contribution in [2.45, 2.75) is 52.1 Å². The van der Waals surface area contributed by atoms with Crippen LogP contribution >= 0.6 is 0 Å². The molecule has 2 aromatic heterocycles. The van der Waals surface area contributed by atoms with Gasteiger partial charge < -0.3 is 10.2 Å². The van der Waals surface area contributed by atoms with Crippen molar-refractivity contribution < 1.29 is 4.79 Å². The molecule has 1 spiro atoms. The molecule has 1 saturated carbocycles. The molecule has 1 aliphatic heterocycles. The summed E-state index contributed by atoms with van der Waals surface area (Å²) in [5.74, 6) is 1.15. The smallest absolute Gasteiger partial charge is 0.224 e. The summed E-state index contributed by atoms with van der Waals surface area (Å²) in [6.45, 7) is 6.38. The highest BCUT2D eigenvalue weighted by atomic mass is 16.2. The molecule has 2 aliphatic rings. The van der Waals surface area contributed by atoms with Gasteiger partial charge >= 0.3 is 0 Å². The van der Waals surface area contributed by atoms with Crippen LogP contribution in [0.25, 0.3) is 0 Å². The van der Waals surface area contributed by atoms with Crippen molar-refractivity contribution in [3.8, 4) is 0 Å². The summed E-state index contributed by atoms with van der Waals surface area (Å²) in [7, 11) is 0. The first kappa shape index (κ1) is 17.0. The Morgan fingerprint density at radius 1 is 1.31 bits per heavy atom. The third-order valence-electron chi connectivity index (χ3n) is 5.63. The number of hydrogen-bond donors (Lipinski definition) is 1. The summed E-state index contributed by atoms with van der Waals surface area (Å²) in [6.07, 6.45) is 7.39. The zero-order valence-electron chi connectivity index (χ0n) is 15.5. The van der Waals surface area contributed by atoms with E-state index in [0.717, 1.165) is 49.6 Å². The highest BCUT2D eigenvalue weighted by Gasteiger charge is 2.49. The molecule has 7 nitrogen and oxygen atoms in total. The van der Waals surface area contributed by atoms with E-state index in [4.69, 9.17) is 0 Å². The lowest BCUT2D eigenvalue weighted by atomic mass is 9.65. The van der Waals surface area contributed by atoms with Gasteiger partial charge in [0.2, 0.25) is 5.91 Å². The normalized spacial score (nSPS) is 24.7. The van der Waals surface area contributed by atoms with Crippen LogP contribution in [-0.4, -0.2) is 49.7 Å². The van der Waals surface area contributed by atoms with Gasteiger partial charge in [-0.15, -0.1) is 0 Å². The molecule has 4 rings (SSSR count). The number of aromatic nitrogens is 4. The molecule has 3 heterocycles. The molecule has 0 bridgehead atoms. The maximum absolute atomic E-state index is 12.5. The Hall–Kier alpha value is -2.44. The van der Waals surface area contributed by atoms with Crippen molar-refractivity contribution >= 4 is 11.7 Å². The van der Waals surface area contributed by atoms with E-state index in [9.17, 15) is 4.79 Å². The quantitative estimate of drug-likeness (QED) is 0.891. The van der Waals surface area contributed by atoms with Crippen LogP contribution in [0.1, 0.15) is 37.1 Å². The fraction of sp³-hybridized carbons (Fsp3) is 0.579. The van der Waals surface area contributed by atoms with Crippen molar-refractivity contribution in [3.05, 3.63) is 36.0 Å². The Morgan fingerprint density at radius 2 is 2.15 bits per heavy atom. The molecule has 2 aromatic rings. The monoisotopic (exact) mass is 354 g/mol. The summed E-state index contributed by atoms with van der Waals surface area (Å²) in [6, 6.07) is 4.40. The fourth-order valence-electron chi connectivity index (χ4n) is 4.27. The van der Waals surface area contributed by atoms with E-state index < -0.39 is 0 Å². The summed E-state index contributed by atoms with van der Waals surface area (Å²) >= 11 is 0. The highest BCUT2D eigenvalue weighted by molar-refractivity contribution is 5.76. The Bertz CT molecular complexity index is 795. The van der Waals surface area contributed by atoms with Crippen molar-refractivity contribution in [2.75, 3.05) is 18.4 Å². The minimum Gasteiger partial charge on any atom is -0.367 e. The minimum absolute atomic E-state index is 0.248. The van der Waals surface area contributed by atoms with Gasteiger partial charge in [-0.1, -0.05) is 0 Å². The standard InChI is InChI=1S/C19H26N6O/c1-14-3-6-25(23-14)7-4-18(26)24-8-5-19(12-24)10-16(11-19)22-17-9-15(2)20-13-21-17/h3,6,9,13,16H,4-5,7-8,10-12H2,1-2H3,(H,20,21,22). The molecule has 7 heteroatoms. The lowest BCUT2D eigenvalue weighted by Gasteiger charge is -2.45. The molecular weight excluding hydrogens is 328 g/mol. The third-order valence-corrected chi connectivity index (χ3v) is 5.63. The summed E-state index contributed by atoms with van der Waals surface area (Å²) in [5, 5.41) is 7.85. The molecular formula is C19H26N6O. The Kier molecular flexibility index (Phi) is 4.38. The second-order valence-corrected chi connectivity index (χ2v) is 7.83. The zero-order chi connectivity index (χ0) is 18.1. The third kappa shape index (κ3) is 3.57. The van der Waals surface area contributed by atoms with E-state index in [1.165, 1.54) is 0 Å². The van der Waals surface area contributed by atoms with Gasteiger partial charge in [-0.3, -0.25) is 9.48 Å². The number of likely N-dealkylation sites (tertiary alicyclic amines) is 1. The number of carbonyl (C=O) groups is 1. The van der Waals surface area contributed by atoms with Crippen LogP contribution in [0.3, 0.4) is 0 Å². The molecule has 0 aromatic carbocycles. The van der Waals surface area contributed by atoms with Gasteiger partial charge in [0, 0.05) is 50.1 Å². The number of nitrogens with zero attached hydrogens (tertiary/aromatic N) is 5. The molecule has 1 amide bonds. The molecule has 2 fully saturated rings. The van der Waals surface area contributed by atoms with Gasteiger partial charge in [-0.05, 0) is 44.6 Å².